The average Bonchev–Trinajstić information content (AvgIpc) is 3.41. The standard InChI is InChI=1S/C17H23N7O5/c18-17-21-14-11(15(27)22-17)20-9-24(14)16-13(26)12(25)10(29-16)7-28-6-2-1-4-23-5-3-19-8-23/h3,5,8-10,12-13,16,25-26H,1-2,4,6-7H2,(H3,18,21,22,27)/t10-,12-,13-,16-/m1/s1. The number of aryl methyl sites for hydroxylation is 1. The van der Waals surface area contributed by atoms with Gasteiger partial charge in [-0.15, -0.1) is 0 Å². The molecule has 0 aliphatic carbocycles. The lowest BCUT2D eigenvalue weighted by molar-refractivity contribution is -0.0657. The monoisotopic (exact) mass is 405 g/mol. The van der Waals surface area contributed by atoms with Crippen LogP contribution in [0.3, 0.4) is 0 Å². The summed E-state index contributed by atoms with van der Waals surface area (Å²) in [7, 11) is 0. The van der Waals surface area contributed by atoms with Crippen LogP contribution >= 0.6 is 0 Å². The molecule has 0 saturated carbocycles. The Kier molecular flexibility index (Phi) is 5.58. The largest absolute Gasteiger partial charge is 0.387 e. The molecule has 1 aliphatic heterocycles. The van der Waals surface area contributed by atoms with Gasteiger partial charge in [0.2, 0.25) is 5.95 Å². The Morgan fingerprint density at radius 1 is 1.28 bits per heavy atom. The van der Waals surface area contributed by atoms with Crippen molar-refractivity contribution in [3.63, 3.8) is 0 Å². The average molecular weight is 405 g/mol. The number of fused-ring (bicyclic) bond motifs is 1. The van der Waals surface area contributed by atoms with E-state index < -0.39 is 30.1 Å². The van der Waals surface area contributed by atoms with Crippen LogP contribution in [0.15, 0.2) is 29.8 Å². The van der Waals surface area contributed by atoms with Gasteiger partial charge in [0, 0.05) is 25.5 Å². The van der Waals surface area contributed by atoms with Gasteiger partial charge >= 0.3 is 0 Å². The van der Waals surface area contributed by atoms with Crippen LogP contribution in [0.25, 0.3) is 11.2 Å². The zero-order valence-corrected chi connectivity index (χ0v) is 15.6. The molecule has 0 spiro atoms. The van der Waals surface area contributed by atoms with Crippen LogP contribution < -0.4 is 11.3 Å². The second-order valence-electron chi connectivity index (χ2n) is 6.90. The number of rotatable bonds is 8. The zero-order valence-electron chi connectivity index (χ0n) is 15.6. The molecule has 156 valence electrons. The number of aliphatic hydroxyl groups is 2. The van der Waals surface area contributed by atoms with Crippen LogP contribution in [0.5, 0.6) is 0 Å². The van der Waals surface area contributed by atoms with E-state index in [0.29, 0.717) is 6.61 Å². The first-order valence-corrected chi connectivity index (χ1v) is 9.32. The summed E-state index contributed by atoms with van der Waals surface area (Å²) >= 11 is 0. The highest BCUT2D eigenvalue weighted by Gasteiger charge is 2.44. The summed E-state index contributed by atoms with van der Waals surface area (Å²) in [5, 5.41) is 20.7. The van der Waals surface area contributed by atoms with Crippen molar-refractivity contribution in [3.05, 3.63) is 35.4 Å². The van der Waals surface area contributed by atoms with Crippen LogP contribution in [0.1, 0.15) is 19.1 Å². The Hall–Kier alpha value is -2.80. The molecule has 0 amide bonds. The predicted octanol–water partition coefficient (Wildman–Crippen LogP) is -0.985. The van der Waals surface area contributed by atoms with E-state index in [1.165, 1.54) is 10.9 Å². The van der Waals surface area contributed by atoms with Crippen molar-refractivity contribution >= 4 is 17.1 Å². The molecular formula is C17H23N7O5. The zero-order chi connectivity index (χ0) is 20.4. The number of nitrogens with zero attached hydrogens (tertiary/aromatic N) is 5. The molecule has 1 aliphatic rings. The number of aliphatic hydroxyl groups excluding tert-OH is 2. The quantitative estimate of drug-likeness (QED) is 0.344. The fourth-order valence-electron chi connectivity index (χ4n) is 3.34. The highest BCUT2D eigenvalue weighted by atomic mass is 16.6. The van der Waals surface area contributed by atoms with E-state index in [0.717, 1.165) is 19.4 Å². The summed E-state index contributed by atoms with van der Waals surface area (Å²) in [6, 6.07) is 0. The number of unbranched alkanes of at least 4 members (excludes halogenated alkanes) is 1. The Bertz CT molecular complexity index is 1000. The number of ether oxygens (including phenoxy) is 2. The van der Waals surface area contributed by atoms with Crippen molar-refractivity contribution in [2.75, 3.05) is 18.9 Å². The van der Waals surface area contributed by atoms with Crippen molar-refractivity contribution in [1.82, 2.24) is 29.1 Å². The van der Waals surface area contributed by atoms with Gasteiger partial charge in [0.1, 0.15) is 18.3 Å². The molecule has 4 heterocycles. The molecule has 3 aromatic heterocycles. The first kappa shape index (κ1) is 19.5. The molecule has 5 N–H and O–H groups in total. The topological polar surface area (TPSA) is 166 Å². The van der Waals surface area contributed by atoms with Crippen molar-refractivity contribution in [1.29, 1.82) is 0 Å². The summed E-state index contributed by atoms with van der Waals surface area (Å²) in [5.74, 6) is -0.0761. The highest BCUT2D eigenvalue weighted by Crippen LogP contribution is 2.31. The van der Waals surface area contributed by atoms with Crippen molar-refractivity contribution in [2.45, 2.75) is 43.9 Å². The Morgan fingerprint density at radius 3 is 2.93 bits per heavy atom. The molecule has 12 nitrogen and oxygen atoms in total. The van der Waals surface area contributed by atoms with E-state index in [4.69, 9.17) is 15.2 Å². The van der Waals surface area contributed by atoms with Crippen molar-refractivity contribution in [3.8, 4) is 0 Å². The maximum Gasteiger partial charge on any atom is 0.280 e. The first-order chi connectivity index (χ1) is 14.0. The third-order valence-electron chi connectivity index (χ3n) is 4.86. The molecule has 0 bridgehead atoms. The SMILES string of the molecule is Nc1nc2c(ncn2[C@@H]2O[C@H](COCCCCn3ccnc3)[C@@H](O)[C@H]2O)c(=O)[nH]1. The summed E-state index contributed by atoms with van der Waals surface area (Å²) in [4.78, 5) is 26.3. The van der Waals surface area contributed by atoms with E-state index in [2.05, 4.69) is 19.9 Å². The summed E-state index contributed by atoms with van der Waals surface area (Å²) in [6.07, 6.45) is 4.44. The van der Waals surface area contributed by atoms with E-state index >= 15 is 0 Å². The van der Waals surface area contributed by atoms with Gasteiger partial charge in [-0.05, 0) is 12.8 Å². The van der Waals surface area contributed by atoms with Crippen LogP contribution in [-0.2, 0) is 16.0 Å². The number of nitrogen functional groups attached to an aromatic ring is 1. The number of nitrogens with two attached hydrogens (primary N) is 1. The molecule has 29 heavy (non-hydrogen) atoms. The molecule has 4 rings (SSSR count). The van der Waals surface area contributed by atoms with E-state index in [9.17, 15) is 15.0 Å². The Balaban J connectivity index is 1.33. The molecule has 3 aromatic rings. The summed E-state index contributed by atoms with van der Waals surface area (Å²) in [5.41, 5.74) is 5.34. The van der Waals surface area contributed by atoms with Crippen LogP contribution in [0.4, 0.5) is 5.95 Å². The molecule has 0 aromatic carbocycles. The predicted molar refractivity (Wildman–Crippen MR) is 101 cm³/mol. The minimum Gasteiger partial charge on any atom is -0.387 e. The summed E-state index contributed by atoms with van der Waals surface area (Å²) in [6.45, 7) is 1.49. The van der Waals surface area contributed by atoms with Gasteiger partial charge < -0.3 is 30.0 Å². The fourth-order valence-corrected chi connectivity index (χ4v) is 3.34. The number of aromatic nitrogens is 6. The van der Waals surface area contributed by atoms with Crippen molar-refractivity contribution < 1.29 is 19.7 Å². The Morgan fingerprint density at radius 2 is 2.14 bits per heavy atom. The van der Waals surface area contributed by atoms with Crippen molar-refractivity contribution in [2.24, 2.45) is 0 Å². The maximum absolute atomic E-state index is 11.9. The van der Waals surface area contributed by atoms with Gasteiger partial charge in [0.15, 0.2) is 17.4 Å². The second-order valence-corrected chi connectivity index (χ2v) is 6.90. The van der Waals surface area contributed by atoms with Crippen LogP contribution in [0.2, 0.25) is 0 Å². The van der Waals surface area contributed by atoms with Gasteiger partial charge in [-0.2, -0.15) is 4.98 Å². The fraction of sp³-hybridized carbons (Fsp3) is 0.529. The van der Waals surface area contributed by atoms with E-state index in [-0.39, 0.29) is 23.7 Å². The smallest absolute Gasteiger partial charge is 0.280 e. The van der Waals surface area contributed by atoms with Gasteiger partial charge in [0.05, 0.1) is 19.3 Å². The number of hydrogen-bond donors (Lipinski definition) is 4. The van der Waals surface area contributed by atoms with Crippen LogP contribution in [-0.4, -0.2) is 70.8 Å². The van der Waals surface area contributed by atoms with Gasteiger partial charge in [-0.3, -0.25) is 14.3 Å². The molecule has 4 atom stereocenters. The third kappa shape index (κ3) is 4.00. The molecule has 1 saturated heterocycles. The minimum absolute atomic E-state index is 0.0714. The number of H-pyrrole nitrogens is 1. The second kappa shape index (κ2) is 8.29. The van der Waals surface area contributed by atoms with Gasteiger partial charge in [-0.25, -0.2) is 9.97 Å². The lowest BCUT2D eigenvalue weighted by Gasteiger charge is -2.16. The number of imidazole rings is 2. The lowest BCUT2D eigenvalue weighted by Crippen LogP contribution is -2.34. The molecule has 1 fully saturated rings. The van der Waals surface area contributed by atoms with Gasteiger partial charge in [-0.1, -0.05) is 0 Å². The molecular weight excluding hydrogens is 382 g/mol. The molecule has 12 heteroatoms. The lowest BCUT2D eigenvalue weighted by atomic mass is 10.1. The number of hydrogen-bond acceptors (Lipinski definition) is 9. The first-order valence-electron chi connectivity index (χ1n) is 9.32. The molecule has 0 radical (unpaired) electrons. The maximum atomic E-state index is 11.9. The Labute approximate surface area is 164 Å². The van der Waals surface area contributed by atoms with E-state index in [1.54, 1.807) is 12.5 Å². The highest BCUT2D eigenvalue weighted by molar-refractivity contribution is 5.70. The van der Waals surface area contributed by atoms with Gasteiger partial charge in [0.25, 0.3) is 5.56 Å². The normalized spacial score (nSPS) is 24.5. The number of nitrogens with one attached hydrogen (secondary N) is 1. The minimum atomic E-state index is -1.23. The third-order valence-corrected chi connectivity index (χ3v) is 4.86. The number of aromatic amines is 1. The van der Waals surface area contributed by atoms with E-state index in [1.807, 2.05) is 10.8 Å². The summed E-state index contributed by atoms with van der Waals surface area (Å²) < 4.78 is 14.8. The molecule has 0 unspecified atom stereocenters. The van der Waals surface area contributed by atoms with Crippen LogP contribution in [0, 0.1) is 0 Å². The number of anilines is 1.